The van der Waals surface area contributed by atoms with Crippen LogP contribution in [-0.4, -0.2) is 35.2 Å². The van der Waals surface area contributed by atoms with Crippen LogP contribution in [0.3, 0.4) is 0 Å². The van der Waals surface area contributed by atoms with Gasteiger partial charge in [-0.15, -0.1) is 0 Å². The van der Waals surface area contributed by atoms with E-state index in [2.05, 4.69) is 6.07 Å². The Morgan fingerprint density at radius 2 is 1.79 bits per heavy atom. The van der Waals surface area contributed by atoms with Gasteiger partial charge in [0.25, 0.3) is 0 Å². The molecule has 1 aliphatic rings. The predicted octanol–water partition coefficient (Wildman–Crippen LogP) is 5.55. The number of carbonyl (C=O) groups excluding carboxylic acids is 2. The van der Waals surface area contributed by atoms with Crippen LogP contribution in [0, 0.1) is 11.3 Å². The van der Waals surface area contributed by atoms with Crippen molar-refractivity contribution >= 4 is 12.1 Å². The minimum Gasteiger partial charge on any atom is -0.489 e. The van der Waals surface area contributed by atoms with E-state index in [1.165, 1.54) is 12.0 Å². The Labute approximate surface area is 201 Å². The van der Waals surface area contributed by atoms with E-state index in [0.717, 1.165) is 11.1 Å². The van der Waals surface area contributed by atoms with Gasteiger partial charge in [-0.3, -0.25) is 4.90 Å². The van der Waals surface area contributed by atoms with Gasteiger partial charge in [0.1, 0.15) is 23.5 Å². The number of rotatable bonds is 7. The second-order valence-corrected chi connectivity index (χ2v) is 9.43. The lowest BCUT2D eigenvalue weighted by Gasteiger charge is -2.39. The summed E-state index contributed by atoms with van der Waals surface area (Å²) in [6.07, 6.45) is 0.641. The average Bonchev–Trinajstić information content (AvgIpc) is 3.21. The van der Waals surface area contributed by atoms with Crippen LogP contribution in [0.1, 0.15) is 63.6 Å². The van der Waals surface area contributed by atoms with E-state index in [9.17, 15) is 14.9 Å². The Balaban J connectivity index is 1.88. The molecule has 0 unspecified atom stereocenters. The standard InChI is InChI=1S/C27H32N2O5/c1-26(2,3)34-25(31)29-23(15-17-27(29,16-8-18-28)24(30)32-4)21-11-13-22(14-12-21)33-19-20-9-6-5-7-10-20/h5-7,9-14,23H,8,15-17,19H2,1-4H3/t23-,27+/m1/s1. The number of esters is 1. The summed E-state index contributed by atoms with van der Waals surface area (Å²) in [4.78, 5) is 27.8. The molecule has 1 fully saturated rings. The molecule has 0 aliphatic carbocycles. The molecule has 1 amide bonds. The lowest BCUT2D eigenvalue weighted by molar-refractivity contribution is -0.154. The maximum atomic E-state index is 13.4. The molecule has 0 bridgehead atoms. The van der Waals surface area contributed by atoms with Crippen molar-refractivity contribution in [1.29, 1.82) is 5.26 Å². The summed E-state index contributed by atoms with van der Waals surface area (Å²) in [6.45, 7) is 5.80. The van der Waals surface area contributed by atoms with Crippen LogP contribution in [0.4, 0.5) is 4.79 Å². The van der Waals surface area contributed by atoms with Gasteiger partial charge in [-0.1, -0.05) is 42.5 Å². The van der Waals surface area contributed by atoms with Crippen molar-refractivity contribution in [1.82, 2.24) is 4.90 Å². The third kappa shape index (κ3) is 5.69. The summed E-state index contributed by atoms with van der Waals surface area (Å²) in [5.74, 6) is 0.178. The Morgan fingerprint density at radius 3 is 2.38 bits per heavy atom. The molecule has 1 aliphatic heterocycles. The second kappa shape index (κ2) is 10.6. The largest absolute Gasteiger partial charge is 0.489 e. The van der Waals surface area contributed by atoms with E-state index in [0.29, 0.717) is 25.2 Å². The minimum absolute atomic E-state index is 0.118. The molecule has 2 atom stereocenters. The van der Waals surface area contributed by atoms with Gasteiger partial charge in [-0.25, -0.2) is 9.59 Å². The number of carbonyl (C=O) groups is 2. The number of methoxy groups -OCH3 is 1. The van der Waals surface area contributed by atoms with E-state index in [-0.39, 0.29) is 12.8 Å². The fraction of sp³-hybridized carbons (Fsp3) is 0.444. The third-order valence-corrected chi connectivity index (χ3v) is 5.92. The highest BCUT2D eigenvalue weighted by Gasteiger charge is 2.56. The van der Waals surface area contributed by atoms with Gasteiger partial charge in [0.05, 0.1) is 19.2 Å². The van der Waals surface area contributed by atoms with Gasteiger partial charge in [0.15, 0.2) is 0 Å². The van der Waals surface area contributed by atoms with Gasteiger partial charge in [0, 0.05) is 6.42 Å². The highest BCUT2D eigenvalue weighted by molar-refractivity contribution is 5.87. The van der Waals surface area contributed by atoms with E-state index < -0.39 is 29.2 Å². The van der Waals surface area contributed by atoms with E-state index >= 15 is 0 Å². The van der Waals surface area contributed by atoms with Crippen molar-refractivity contribution in [2.24, 2.45) is 0 Å². The minimum atomic E-state index is -1.25. The molecule has 7 nitrogen and oxygen atoms in total. The van der Waals surface area contributed by atoms with Crippen LogP contribution in [0.25, 0.3) is 0 Å². The number of likely N-dealkylation sites (tertiary alicyclic amines) is 1. The molecule has 34 heavy (non-hydrogen) atoms. The van der Waals surface area contributed by atoms with E-state index in [1.807, 2.05) is 54.6 Å². The topological polar surface area (TPSA) is 88.9 Å². The van der Waals surface area contributed by atoms with E-state index in [1.54, 1.807) is 20.8 Å². The van der Waals surface area contributed by atoms with Crippen LogP contribution in [0.5, 0.6) is 5.75 Å². The second-order valence-electron chi connectivity index (χ2n) is 9.43. The molecule has 0 N–H and O–H groups in total. The first-order valence-corrected chi connectivity index (χ1v) is 11.4. The van der Waals surface area contributed by atoms with Crippen LogP contribution >= 0.6 is 0 Å². The lowest BCUT2D eigenvalue weighted by atomic mass is 9.90. The molecule has 0 aromatic heterocycles. The average molecular weight is 465 g/mol. The fourth-order valence-corrected chi connectivity index (χ4v) is 4.38. The predicted molar refractivity (Wildman–Crippen MR) is 127 cm³/mol. The Morgan fingerprint density at radius 1 is 1.12 bits per heavy atom. The zero-order valence-electron chi connectivity index (χ0n) is 20.2. The Bertz CT molecular complexity index is 1020. The SMILES string of the molecule is COC(=O)[C@]1(CCC#N)CC[C@H](c2ccc(OCc3ccccc3)cc2)N1C(=O)OC(C)(C)C. The maximum absolute atomic E-state index is 13.4. The summed E-state index contributed by atoms with van der Waals surface area (Å²) in [7, 11) is 1.30. The van der Waals surface area contributed by atoms with Crippen LogP contribution in [0.2, 0.25) is 0 Å². The van der Waals surface area contributed by atoms with Crippen molar-refractivity contribution in [3.63, 3.8) is 0 Å². The van der Waals surface area contributed by atoms with Crippen molar-refractivity contribution in [3.8, 4) is 11.8 Å². The molecular formula is C27H32N2O5. The van der Waals surface area contributed by atoms with Gasteiger partial charge in [-0.2, -0.15) is 5.26 Å². The van der Waals surface area contributed by atoms with Crippen molar-refractivity contribution in [2.45, 2.75) is 70.2 Å². The molecule has 2 aromatic rings. The third-order valence-electron chi connectivity index (χ3n) is 5.92. The van der Waals surface area contributed by atoms with Crippen LogP contribution in [0.15, 0.2) is 54.6 Å². The number of benzene rings is 2. The quantitative estimate of drug-likeness (QED) is 0.499. The number of hydrogen-bond donors (Lipinski definition) is 0. The van der Waals surface area contributed by atoms with E-state index in [4.69, 9.17) is 14.2 Å². The summed E-state index contributed by atoms with van der Waals surface area (Å²) < 4.78 is 16.7. The normalized spacial score (nSPS) is 19.9. The fourth-order valence-electron chi connectivity index (χ4n) is 4.38. The summed E-state index contributed by atoms with van der Waals surface area (Å²) in [5, 5.41) is 9.20. The monoisotopic (exact) mass is 464 g/mol. The molecule has 3 rings (SSSR count). The molecule has 1 saturated heterocycles. The number of ether oxygens (including phenoxy) is 3. The van der Waals surface area contributed by atoms with Gasteiger partial charge in [-0.05, 0) is 63.3 Å². The summed E-state index contributed by atoms with van der Waals surface area (Å²) in [6, 6.07) is 19.1. The number of amides is 1. The molecule has 180 valence electrons. The summed E-state index contributed by atoms with van der Waals surface area (Å²) in [5.41, 5.74) is -0.0596. The zero-order valence-corrected chi connectivity index (χ0v) is 20.2. The van der Waals surface area contributed by atoms with Gasteiger partial charge in [0.2, 0.25) is 0 Å². The molecule has 0 radical (unpaired) electrons. The van der Waals surface area contributed by atoms with Crippen molar-refractivity contribution in [3.05, 3.63) is 65.7 Å². The van der Waals surface area contributed by atoms with Crippen LogP contribution < -0.4 is 4.74 Å². The number of hydrogen-bond acceptors (Lipinski definition) is 6. The maximum Gasteiger partial charge on any atom is 0.411 e. The molecular weight excluding hydrogens is 432 g/mol. The molecule has 0 spiro atoms. The lowest BCUT2D eigenvalue weighted by Crippen LogP contribution is -2.55. The van der Waals surface area contributed by atoms with Gasteiger partial charge < -0.3 is 14.2 Å². The molecule has 0 saturated carbocycles. The number of nitriles is 1. The number of nitrogens with zero attached hydrogens (tertiary/aromatic N) is 2. The highest BCUT2D eigenvalue weighted by Crippen LogP contribution is 2.46. The smallest absolute Gasteiger partial charge is 0.411 e. The summed E-state index contributed by atoms with van der Waals surface area (Å²) >= 11 is 0. The molecule has 1 heterocycles. The first kappa shape index (κ1) is 25.1. The Kier molecular flexibility index (Phi) is 7.83. The molecule has 7 heteroatoms. The highest BCUT2D eigenvalue weighted by atomic mass is 16.6. The first-order chi connectivity index (χ1) is 16.2. The van der Waals surface area contributed by atoms with Gasteiger partial charge >= 0.3 is 12.1 Å². The van der Waals surface area contributed by atoms with Crippen molar-refractivity contribution < 1.29 is 23.8 Å². The van der Waals surface area contributed by atoms with Crippen LogP contribution in [-0.2, 0) is 20.9 Å². The zero-order chi connectivity index (χ0) is 24.8. The Hall–Kier alpha value is -3.53. The molecule has 2 aromatic carbocycles. The van der Waals surface area contributed by atoms with Crippen molar-refractivity contribution in [2.75, 3.05) is 7.11 Å². The first-order valence-electron chi connectivity index (χ1n) is 11.4.